The first-order valence-electron chi connectivity index (χ1n) is 5.68. The van der Waals surface area contributed by atoms with Gasteiger partial charge in [0.15, 0.2) is 0 Å². The summed E-state index contributed by atoms with van der Waals surface area (Å²) in [5.74, 6) is 0.603. The molecule has 0 aromatic heterocycles. The molecule has 2 aliphatic rings. The zero-order chi connectivity index (χ0) is 10.9. The minimum Gasteiger partial charge on any atom is -0.384 e. The molecule has 0 radical (unpaired) electrons. The third kappa shape index (κ3) is 1.76. The van der Waals surface area contributed by atoms with Gasteiger partial charge >= 0.3 is 0 Å². The minimum absolute atomic E-state index is 0.0832. The number of amides is 1. The zero-order valence-corrected chi connectivity index (χ0v) is 9.37. The van der Waals surface area contributed by atoms with E-state index in [0.717, 1.165) is 19.7 Å². The number of carbonyl (C=O) groups is 1. The largest absolute Gasteiger partial charge is 0.384 e. The molecule has 1 amide bonds. The van der Waals surface area contributed by atoms with Crippen LogP contribution in [-0.4, -0.2) is 44.2 Å². The average Bonchev–Trinajstić information content (AvgIpc) is 2.56. The van der Waals surface area contributed by atoms with Gasteiger partial charge in [-0.05, 0) is 18.3 Å². The molecule has 1 saturated carbocycles. The molecule has 1 heterocycles. The predicted octanol–water partition coefficient (Wildman–Crippen LogP) is 0.220. The fraction of sp³-hybridized carbons (Fsp3) is 0.909. The molecule has 1 spiro atoms. The van der Waals surface area contributed by atoms with Crippen LogP contribution in [0.4, 0.5) is 0 Å². The SMILES string of the molecule is COC[C@H]1CN(C(=O)CN)CC12CCC2. The highest BCUT2D eigenvalue weighted by Gasteiger charge is 2.50. The Bertz CT molecular complexity index is 251. The number of rotatable bonds is 3. The first-order chi connectivity index (χ1) is 7.22. The second-order valence-corrected chi connectivity index (χ2v) is 4.85. The molecule has 86 valence electrons. The molecule has 2 rings (SSSR count). The third-order valence-electron chi connectivity index (χ3n) is 4.06. The van der Waals surface area contributed by atoms with Crippen molar-refractivity contribution in [3.05, 3.63) is 0 Å². The molecule has 0 aromatic rings. The predicted molar refractivity (Wildman–Crippen MR) is 57.3 cm³/mol. The number of nitrogens with zero attached hydrogens (tertiary/aromatic N) is 1. The Morgan fingerprint density at radius 3 is 2.80 bits per heavy atom. The minimum atomic E-state index is 0.0832. The van der Waals surface area contributed by atoms with Crippen molar-refractivity contribution in [2.24, 2.45) is 17.1 Å². The summed E-state index contributed by atoms with van der Waals surface area (Å²) in [4.78, 5) is 13.5. The van der Waals surface area contributed by atoms with Crippen LogP contribution in [0.2, 0.25) is 0 Å². The molecule has 1 atom stereocenters. The van der Waals surface area contributed by atoms with Crippen molar-refractivity contribution in [1.29, 1.82) is 0 Å². The van der Waals surface area contributed by atoms with Gasteiger partial charge in [-0.15, -0.1) is 0 Å². The Kier molecular flexibility index (Phi) is 2.98. The lowest BCUT2D eigenvalue weighted by Crippen LogP contribution is -2.40. The number of carbonyl (C=O) groups excluding carboxylic acids is 1. The molecule has 1 aliphatic carbocycles. The highest BCUT2D eigenvalue weighted by atomic mass is 16.5. The van der Waals surface area contributed by atoms with Crippen LogP contribution in [0.15, 0.2) is 0 Å². The summed E-state index contributed by atoms with van der Waals surface area (Å²) < 4.78 is 5.25. The summed E-state index contributed by atoms with van der Waals surface area (Å²) >= 11 is 0. The van der Waals surface area contributed by atoms with Gasteiger partial charge in [-0.3, -0.25) is 4.79 Å². The number of likely N-dealkylation sites (tertiary alicyclic amines) is 1. The Labute approximate surface area is 90.8 Å². The number of hydrogen-bond acceptors (Lipinski definition) is 3. The molecule has 2 fully saturated rings. The molecule has 0 unspecified atom stereocenters. The molecule has 1 saturated heterocycles. The van der Waals surface area contributed by atoms with E-state index in [1.54, 1.807) is 7.11 Å². The monoisotopic (exact) mass is 212 g/mol. The Morgan fingerprint density at radius 1 is 1.60 bits per heavy atom. The van der Waals surface area contributed by atoms with Gasteiger partial charge in [0.1, 0.15) is 0 Å². The van der Waals surface area contributed by atoms with Crippen molar-refractivity contribution in [2.75, 3.05) is 33.4 Å². The van der Waals surface area contributed by atoms with Crippen molar-refractivity contribution < 1.29 is 9.53 Å². The van der Waals surface area contributed by atoms with E-state index >= 15 is 0 Å². The van der Waals surface area contributed by atoms with Crippen molar-refractivity contribution >= 4 is 5.91 Å². The lowest BCUT2D eigenvalue weighted by molar-refractivity contribution is -0.129. The smallest absolute Gasteiger partial charge is 0.236 e. The molecular weight excluding hydrogens is 192 g/mol. The first kappa shape index (κ1) is 10.9. The second kappa shape index (κ2) is 4.10. The van der Waals surface area contributed by atoms with E-state index in [4.69, 9.17) is 10.5 Å². The lowest BCUT2D eigenvalue weighted by atomic mass is 9.63. The van der Waals surface area contributed by atoms with Crippen LogP contribution in [0.5, 0.6) is 0 Å². The standard InChI is InChI=1S/C11H20N2O2/c1-15-7-9-6-13(10(14)5-12)8-11(9)3-2-4-11/h9H,2-8,12H2,1H3/t9-/m1/s1. The summed E-state index contributed by atoms with van der Waals surface area (Å²) in [5.41, 5.74) is 5.76. The Hall–Kier alpha value is -0.610. The molecule has 15 heavy (non-hydrogen) atoms. The van der Waals surface area contributed by atoms with Crippen molar-refractivity contribution in [2.45, 2.75) is 19.3 Å². The van der Waals surface area contributed by atoms with Gasteiger partial charge in [0, 0.05) is 26.1 Å². The van der Waals surface area contributed by atoms with Gasteiger partial charge < -0.3 is 15.4 Å². The average molecular weight is 212 g/mol. The van der Waals surface area contributed by atoms with Crippen LogP contribution in [0.3, 0.4) is 0 Å². The Balaban J connectivity index is 2.02. The quantitative estimate of drug-likeness (QED) is 0.728. The number of nitrogens with two attached hydrogens (primary N) is 1. The van der Waals surface area contributed by atoms with Crippen LogP contribution < -0.4 is 5.73 Å². The van der Waals surface area contributed by atoms with Crippen molar-refractivity contribution in [3.8, 4) is 0 Å². The highest BCUT2D eigenvalue weighted by Crippen LogP contribution is 2.51. The van der Waals surface area contributed by atoms with E-state index in [0.29, 0.717) is 11.3 Å². The Morgan fingerprint density at radius 2 is 2.33 bits per heavy atom. The summed E-state index contributed by atoms with van der Waals surface area (Å²) in [5, 5.41) is 0. The van der Waals surface area contributed by atoms with Gasteiger partial charge in [-0.25, -0.2) is 0 Å². The number of ether oxygens (including phenoxy) is 1. The summed E-state index contributed by atoms with van der Waals surface area (Å²) in [6, 6.07) is 0. The first-order valence-corrected chi connectivity index (χ1v) is 5.68. The van der Waals surface area contributed by atoms with E-state index in [1.165, 1.54) is 19.3 Å². The normalized spacial score (nSPS) is 28.1. The summed E-state index contributed by atoms with van der Waals surface area (Å²) in [6.45, 7) is 2.64. The maximum absolute atomic E-state index is 11.6. The molecule has 1 aliphatic heterocycles. The highest BCUT2D eigenvalue weighted by molar-refractivity contribution is 5.78. The van der Waals surface area contributed by atoms with E-state index in [-0.39, 0.29) is 12.5 Å². The van der Waals surface area contributed by atoms with E-state index in [1.807, 2.05) is 4.90 Å². The zero-order valence-electron chi connectivity index (χ0n) is 9.37. The maximum Gasteiger partial charge on any atom is 0.236 e. The van der Waals surface area contributed by atoms with Crippen LogP contribution >= 0.6 is 0 Å². The third-order valence-corrected chi connectivity index (χ3v) is 4.06. The summed E-state index contributed by atoms with van der Waals surface area (Å²) in [6.07, 6.45) is 3.79. The summed E-state index contributed by atoms with van der Waals surface area (Å²) in [7, 11) is 1.74. The topological polar surface area (TPSA) is 55.6 Å². The molecule has 4 nitrogen and oxygen atoms in total. The molecule has 4 heteroatoms. The van der Waals surface area contributed by atoms with Gasteiger partial charge in [-0.2, -0.15) is 0 Å². The van der Waals surface area contributed by atoms with Crippen LogP contribution in [0, 0.1) is 11.3 Å². The fourth-order valence-electron chi connectivity index (χ4n) is 2.98. The maximum atomic E-state index is 11.6. The van der Waals surface area contributed by atoms with E-state index < -0.39 is 0 Å². The lowest BCUT2D eigenvalue weighted by Gasteiger charge is -2.42. The molecular formula is C11H20N2O2. The second-order valence-electron chi connectivity index (χ2n) is 4.85. The van der Waals surface area contributed by atoms with Gasteiger partial charge in [0.25, 0.3) is 0 Å². The van der Waals surface area contributed by atoms with Gasteiger partial charge in [0.2, 0.25) is 5.91 Å². The molecule has 2 N–H and O–H groups in total. The van der Waals surface area contributed by atoms with Crippen LogP contribution in [0.25, 0.3) is 0 Å². The molecule has 0 aromatic carbocycles. The van der Waals surface area contributed by atoms with Gasteiger partial charge in [-0.1, -0.05) is 6.42 Å². The van der Waals surface area contributed by atoms with Crippen LogP contribution in [0.1, 0.15) is 19.3 Å². The van der Waals surface area contributed by atoms with Crippen LogP contribution in [-0.2, 0) is 9.53 Å². The van der Waals surface area contributed by atoms with Crippen molar-refractivity contribution in [3.63, 3.8) is 0 Å². The molecule has 0 bridgehead atoms. The van der Waals surface area contributed by atoms with E-state index in [2.05, 4.69) is 0 Å². The van der Waals surface area contributed by atoms with Crippen molar-refractivity contribution in [1.82, 2.24) is 4.90 Å². The number of methoxy groups -OCH3 is 1. The fourth-order valence-corrected chi connectivity index (χ4v) is 2.98. The number of hydrogen-bond donors (Lipinski definition) is 1. The van der Waals surface area contributed by atoms with Gasteiger partial charge in [0.05, 0.1) is 13.2 Å². The van der Waals surface area contributed by atoms with E-state index in [9.17, 15) is 4.79 Å².